The molecule has 1 aromatic rings. The van der Waals surface area contributed by atoms with Gasteiger partial charge >= 0.3 is 5.97 Å². The zero-order valence-corrected chi connectivity index (χ0v) is 21.1. The maximum atomic E-state index is 13.5. The standard InChI is InChI=1S/C24H32N2O5S2/c1-4-6-8-12-25(13-9-7-5-2)22(29)18-14-17(10-11-19(18)31-3)15-20-23(30)26(16-21(27)28)24(32)33-20/h10-11,14-15H,4-9,12-13,16H2,1-3H3,(H,27,28). The molecule has 1 fully saturated rings. The van der Waals surface area contributed by atoms with Crippen LogP contribution < -0.4 is 4.74 Å². The zero-order valence-electron chi connectivity index (χ0n) is 19.5. The first-order chi connectivity index (χ1) is 15.8. The van der Waals surface area contributed by atoms with E-state index in [1.807, 2.05) is 4.90 Å². The molecule has 1 aliphatic heterocycles. The number of carboxylic acids is 1. The van der Waals surface area contributed by atoms with Crippen LogP contribution in [0.3, 0.4) is 0 Å². The quantitative estimate of drug-likeness (QED) is 0.240. The van der Waals surface area contributed by atoms with Crippen molar-refractivity contribution in [2.45, 2.75) is 52.4 Å². The third-order valence-corrected chi connectivity index (χ3v) is 6.65. The molecule has 180 valence electrons. The Morgan fingerprint density at radius 3 is 2.33 bits per heavy atom. The van der Waals surface area contributed by atoms with Gasteiger partial charge in [-0.1, -0.05) is 69.6 Å². The van der Waals surface area contributed by atoms with Crippen LogP contribution in [0.4, 0.5) is 0 Å². The minimum atomic E-state index is -1.13. The summed E-state index contributed by atoms with van der Waals surface area (Å²) in [6.07, 6.45) is 7.81. The number of hydrogen-bond donors (Lipinski definition) is 1. The number of carboxylic acid groups (broad SMARTS) is 1. The van der Waals surface area contributed by atoms with Crippen LogP contribution in [0.25, 0.3) is 6.08 Å². The van der Waals surface area contributed by atoms with Crippen LogP contribution in [0.1, 0.15) is 68.3 Å². The van der Waals surface area contributed by atoms with E-state index in [1.165, 1.54) is 7.11 Å². The van der Waals surface area contributed by atoms with Gasteiger partial charge in [-0.25, -0.2) is 0 Å². The molecule has 0 aromatic heterocycles. The monoisotopic (exact) mass is 492 g/mol. The summed E-state index contributed by atoms with van der Waals surface area (Å²) >= 11 is 6.21. The molecule has 1 N–H and O–H groups in total. The van der Waals surface area contributed by atoms with E-state index in [0.717, 1.165) is 55.2 Å². The molecule has 0 bridgehead atoms. The van der Waals surface area contributed by atoms with Crippen molar-refractivity contribution in [3.63, 3.8) is 0 Å². The number of carbonyl (C=O) groups excluding carboxylic acids is 2. The average Bonchev–Trinajstić information content (AvgIpc) is 3.04. The lowest BCUT2D eigenvalue weighted by Gasteiger charge is -2.24. The molecule has 1 aliphatic rings. The molecule has 1 saturated heterocycles. The first-order valence-corrected chi connectivity index (χ1v) is 12.5. The molecule has 0 spiro atoms. The minimum Gasteiger partial charge on any atom is -0.496 e. The summed E-state index contributed by atoms with van der Waals surface area (Å²) in [6, 6.07) is 5.20. The van der Waals surface area contributed by atoms with Crippen molar-refractivity contribution < 1.29 is 24.2 Å². The number of rotatable bonds is 13. The van der Waals surface area contributed by atoms with Gasteiger partial charge in [-0.2, -0.15) is 0 Å². The molecule has 0 saturated carbocycles. The highest BCUT2D eigenvalue weighted by molar-refractivity contribution is 8.26. The number of amides is 2. The Morgan fingerprint density at radius 2 is 1.79 bits per heavy atom. The summed E-state index contributed by atoms with van der Waals surface area (Å²) in [5.74, 6) is -1.19. The van der Waals surface area contributed by atoms with Gasteiger partial charge in [-0.3, -0.25) is 19.3 Å². The number of hydrogen-bond acceptors (Lipinski definition) is 6. The Labute approximate surface area is 205 Å². The molecule has 1 heterocycles. The van der Waals surface area contributed by atoms with Gasteiger partial charge in [0.05, 0.1) is 17.6 Å². The number of thiocarbonyl (C=S) groups is 1. The highest BCUT2D eigenvalue weighted by Gasteiger charge is 2.33. The van der Waals surface area contributed by atoms with Gasteiger partial charge in [0.2, 0.25) is 0 Å². The summed E-state index contributed by atoms with van der Waals surface area (Å²) in [4.78, 5) is 40.3. The second-order valence-corrected chi connectivity index (χ2v) is 9.50. The van der Waals surface area contributed by atoms with Crippen LogP contribution >= 0.6 is 24.0 Å². The topological polar surface area (TPSA) is 87.2 Å². The van der Waals surface area contributed by atoms with Crippen molar-refractivity contribution in [2.75, 3.05) is 26.7 Å². The van der Waals surface area contributed by atoms with E-state index < -0.39 is 18.4 Å². The van der Waals surface area contributed by atoms with Crippen molar-refractivity contribution in [1.29, 1.82) is 0 Å². The lowest BCUT2D eigenvalue weighted by Crippen LogP contribution is -2.33. The number of nitrogens with zero attached hydrogens (tertiary/aromatic N) is 2. The highest BCUT2D eigenvalue weighted by atomic mass is 32.2. The maximum Gasteiger partial charge on any atom is 0.323 e. The zero-order chi connectivity index (χ0) is 24.4. The van der Waals surface area contributed by atoms with Gasteiger partial charge in [0.25, 0.3) is 11.8 Å². The molecule has 2 amide bonds. The smallest absolute Gasteiger partial charge is 0.323 e. The summed E-state index contributed by atoms with van der Waals surface area (Å²) in [5, 5.41) is 9.01. The van der Waals surface area contributed by atoms with Crippen molar-refractivity contribution >= 4 is 52.2 Å². The second-order valence-electron chi connectivity index (χ2n) is 7.83. The van der Waals surface area contributed by atoms with Crippen molar-refractivity contribution in [1.82, 2.24) is 9.80 Å². The minimum absolute atomic E-state index is 0.0901. The van der Waals surface area contributed by atoms with E-state index in [-0.39, 0.29) is 10.2 Å². The fraction of sp³-hybridized carbons (Fsp3) is 0.500. The van der Waals surface area contributed by atoms with Gasteiger partial charge in [0.1, 0.15) is 16.6 Å². The van der Waals surface area contributed by atoms with Crippen LogP contribution in [0.15, 0.2) is 23.1 Å². The third kappa shape index (κ3) is 7.57. The number of benzene rings is 1. The SMILES string of the molecule is CCCCCN(CCCCC)C(=O)c1cc(C=C2SC(=S)N(CC(=O)O)C2=O)ccc1OC. The number of unbranched alkanes of at least 4 members (excludes halogenated alkanes) is 4. The number of carbonyl (C=O) groups is 3. The Morgan fingerprint density at radius 1 is 1.15 bits per heavy atom. The van der Waals surface area contributed by atoms with E-state index in [0.29, 0.717) is 34.9 Å². The van der Waals surface area contributed by atoms with Crippen LogP contribution in [-0.2, 0) is 9.59 Å². The molecule has 33 heavy (non-hydrogen) atoms. The van der Waals surface area contributed by atoms with E-state index in [4.69, 9.17) is 22.1 Å². The Hall–Kier alpha value is -2.39. The summed E-state index contributed by atoms with van der Waals surface area (Å²) < 4.78 is 5.66. The molecule has 0 radical (unpaired) electrons. The first kappa shape index (κ1) is 26.9. The molecule has 2 rings (SSSR count). The highest BCUT2D eigenvalue weighted by Crippen LogP contribution is 2.33. The Bertz CT molecular complexity index is 906. The molecule has 0 unspecified atom stereocenters. The first-order valence-electron chi connectivity index (χ1n) is 11.3. The number of aliphatic carboxylic acids is 1. The maximum absolute atomic E-state index is 13.5. The molecule has 0 aliphatic carbocycles. The van der Waals surface area contributed by atoms with Crippen LogP contribution in [0.5, 0.6) is 5.75 Å². The van der Waals surface area contributed by atoms with E-state index in [1.54, 1.807) is 24.3 Å². The fourth-order valence-electron chi connectivity index (χ4n) is 3.50. The van der Waals surface area contributed by atoms with E-state index in [9.17, 15) is 14.4 Å². The third-order valence-electron chi connectivity index (χ3n) is 5.27. The van der Waals surface area contributed by atoms with Gasteiger partial charge < -0.3 is 14.7 Å². The lowest BCUT2D eigenvalue weighted by molar-refractivity contribution is -0.140. The van der Waals surface area contributed by atoms with Gasteiger partial charge in [-0.15, -0.1) is 0 Å². The van der Waals surface area contributed by atoms with Crippen LogP contribution in [0, 0.1) is 0 Å². The van der Waals surface area contributed by atoms with Gasteiger partial charge in [0, 0.05) is 13.1 Å². The second kappa shape index (κ2) is 13.3. The number of thioether (sulfide) groups is 1. The van der Waals surface area contributed by atoms with Gasteiger partial charge in [-0.05, 0) is 36.6 Å². The Balaban J connectivity index is 2.31. The molecular weight excluding hydrogens is 460 g/mol. The van der Waals surface area contributed by atoms with Crippen LogP contribution in [0.2, 0.25) is 0 Å². The van der Waals surface area contributed by atoms with Crippen LogP contribution in [-0.4, -0.2) is 63.8 Å². The van der Waals surface area contributed by atoms with E-state index >= 15 is 0 Å². The molecule has 9 heteroatoms. The van der Waals surface area contributed by atoms with Gasteiger partial charge in [0.15, 0.2) is 0 Å². The summed E-state index contributed by atoms with van der Waals surface area (Å²) in [5.41, 5.74) is 1.09. The van der Waals surface area contributed by atoms with Crippen molar-refractivity contribution in [2.24, 2.45) is 0 Å². The van der Waals surface area contributed by atoms with E-state index in [2.05, 4.69) is 13.8 Å². The van der Waals surface area contributed by atoms with Crippen molar-refractivity contribution in [3.05, 3.63) is 34.2 Å². The number of methoxy groups -OCH3 is 1. The molecular formula is C24H32N2O5S2. The molecule has 1 aromatic carbocycles. The molecule has 7 nitrogen and oxygen atoms in total. The predicted molar refractivity (Wildman–Crippen MR) is 135 cm³/mol. The average molecular weight is 493 g/mol. The molecule has 0 atom stereocenters. The summed E-state index contributed by atoms with van der Waals surface area (Å²) in [7, 11) is 1.53. The predicted octanol–water partition coefficient (Wildman–Crippen LogP) is 4.80. The lowest BCUT2D eigenvalue weighted by atomic mass is 10.1. The Kier molecular flexibility index (Phi) is 10.9. The largest absolute Gasteiger partial charge is 0.496 e. The number of ether oxygens (including phenoxy) is 1. The normalized spacial score (nSPS) is 14.8. The van der Waals surface area contributed by atoms with Crippen molar-refractivity contribution in [3.8, 4) is 5.75 Å². The fourth-order valence-corrected chi connectivity index (χ4v) is 4.75. The summed E-state index contributed by atoms with van der Waals surface area (Å²) in [6.45, 7) is 5.18.